The van der Waals surface area contributed by atoms with E-state index in [0.717, 1.165) is 27.7 Å². The Bertz CT molecular complexity index is 1830. The Morgan fingerprint density at radius 2 is 1.41 bits per heavy atom. The van der Waals surface area contributed by atoms with E-state index in [9.17, 15) is 19.2 Å². The monoisotopic (exact) mass is 742 g/mol. The van der Waals surface area contributed by atoms with E-state index in [2.05, 4.69) is 50.8 Å². The van der Waals surface area contributed by atoms with E-state index in [1.807, 2.05) is 55.6 Å². The molecule has 0 fully saturated rings. The van der Waals surface area contributed by atoms with Gasteiger partial charge in [0.25, 0.3) is 0 Å². The number of aliphatic carboxylic acids is 1. The molecular weight excluding hydrogens is 692 g/mol. The van der Waals surface area contributed by atoms with Crippen LogP contribution < -0.4 is 16.0 Å². The number of carboxylic acid groups (broad SMARTS) is 1. The standard InChI is InChI=1S/C40H50N6O8/c1-44(45(2)40(51)54-28-35-33-12-6-4-10-31(33)32-11-5-7-13-34(32)35)27-30-25-29-9-3-8-14-36(29)46(30)20-15-37(47)42-18-17-41-26-38(48)43-19-22-53-24-23-52-21-16-39(49)50/h3-14,25,35,41H,15-24,26-28H2,1-2H3,(H,42,47)(H,43,48)(H,49,50). The number of para-hydroxylation sites is 1. The Morgan fingerprint density at radius 1 is 0.759 bits per heavy atom. The van der Waals surface area contributed by atoms with Gasteiger partial charge in [0, 0.05) is 63.8 Å². The van der Waals surface area contributed by atoms with Crippen LogP contribution in [0.25, 0.3) is 22.0 Å². The average Bonchev–Trinajstić information content (AvgIpc) is 3.69. The molecule has 1 aromatic heterocycles. The first kappa shape index (κ1) is 39.9. The minimum Gasteiger partial charge on any atom is -0.481 e. The number of nitrogens with zero attached hydrogens (tertiary/aromatic N) is 3. The number of carbonyl (C=O) groups excluding carboxylic acids is 3. The number of aromatic nitrogens is 1. The van der Waals surface area contributed by atoms with Crippen LogP contribution in [-0.2, 0) is 41.7 Å². The zero-order chi connectivity index (χ0) is 38.3. The van der Waals surface area contributed by atoms with E-state index < -0.39 is 12.1 Å². The van der Waals surface area contributed by atoms with Crippen LogP contribution in [0.2, 0.25) is 0 Å². The van der Waals surface area contributed by atoms with Crippen LogP contribution in [0.4, 0.5) is 4.79 Å². The quantitative estimate of drug-likeness (QED) is 0.0692. The fourth-order valence-electron chi connectivity index (χ4n) is 6.43. The van der Waals surface area contributed by atoms with Crippen LogP contribution in [0.5, 0.6) is 0 Å². The average molecular weight is 743 g/mol. The van der Waals surface area contributed by atoms with Crippen LogP contribution in [0.15, 0.2) is 78.9 Å². The van der Waals surface area contributed by atoms with Crippen LogP contribution >= 0.6 is 0 Å². The lowest BCUT2D eigenvalue weighted by Crippen LogP contribution is -2.41. The maximum absolute atomic E-state index is 13.3. The lowest BCUT2D eigenvalue weighted by atomic mass is 9.98. The number of rotatable bonds is 22. The molecule has 14 heteroatoms. The highest BCUT2D eigenvalue weighted by Gasteiger charge is 2.30. The molecule has 4 aromatic rings. The molecule has 3 aromatic carbocycles. The number of hydrazine groups is 1. The maximum Gasteiger partial charge on any atom is 0.424 e. The van der Waals surface area contributed by atoms with Gasteiger partial charge in [-0.3, -0.25) is 14.4 Å². The minimum atomic E-state index is -0.911. The molecule has 14 nitrogen and oxygen atoms in total. The number of fused-ring (bicyclic) bond motifs is 4. The molecule has 0 unspecified atom stereocenters. The zero-order valence-corrected chi connectivity index (χ0v) is 30.9. The van der Waals surface area contributed by atoms with Crippen molar-refractivity contribution in [3.8, 4) is 11.1 Å². The minimum absolute atomic E-state index is 0.0298. The topological polar surface area (TPSA) is 164 Å². The normalized spacial score (nSPS) is 12.1. The molecule has 0 aliphatic heterocycles. The van der Waals surface area contributed by atoms with Crippen LogP contribution in [-0.4, -0.2) is 117 Å². The molecule has 1 aliphatic carbocycles. The van der Waals surface area contributed by atoms with E-state index >= 15 is 0 Å². The highest BCUT2D eigenvalue weighted by molar-refractivity contribution is 5.82. The predicted molar refractivity (Wildman–Crippen MR) is 204 cm³/mol. The molecule has 3 amide bonds. The molecule has 288 valence electrons. The fourth-order valence-corrected chi connectivity index (χ4v) is 6.43. The van der Waals surface area contributed by atoms with Gasteiger partial charge in [0.1, 0.15) is 6.61 Å². The largest absolute Gasteiger partial charge is 0.481 e. The van der Waals surface area contributed by atoms with E-state index in [0.29, 0.717) is 52.5 Å². The van der Waals surface area contributed by atoms with Crippen LogP contribution in [0, 0.1) is 0 Å². The lowest BCUT2D eigenvalue weighted by Gasteiger charge is -2.28. The van der Waals surface area contributed by atoms with Crippen molar-refractivity contribution in [2.45, 2.75) is 31.8 Å². The summed E-state index contributed by atoms with van der Waals surface area (Å²) in [5.41, 5.74) is 6.62. The summed E-state index contributed by atoms with van der Waals surface area (Å²) in [6.07, 6.45) is -0.246. The van der Waals surface area contributed by atoms with Crippen molar-refractivity contribution in [1.82, 2.24) is 30.5 Å². The van der Waals surface area contributed by atoms with Gasteiger partial charge in [0.2, 0.25) is 11.8 Å². The molecule has 0 saturated heterocycles. The van der Waals surface area contributed by atoms with Gasteiger partial charge in [-0.1, -0.05) is 66.7 Å². The number of carbonyl (C=O) groups is 4. The van der Waals surface area contributed by atoms with Gasteiger partial charge in [-0.15, -0.1) is 0 Å². The molecule has 0 saturated carbocycles. The van der Waals surface area contributed by atoms with Gasteiger partial charge in [0.15, 0.2) is 0 Å². The Morgan fingerprint density at radius 3 is 2.13 bits per heavy atom. The van der Waals surface area contributed by atoms with Crippen molar-refractivity contribution in [3.05, 3.63) is 95.7 Å². The molecule has 4 N–H and O–H groups in total. The Hall–Kier alpha value is -5.28. The van der Waals surface area contributed by atoms with Crippen molar-refractivity contribution in [1.29, 1.82) is 0 Å². The summed E-state index contributed by atoms with van der Waals surface area (Å²) in [6, 6.07) is 26.6. The zero-order valence-electron chi connectivity index (χ0n) is 30.9. The third-order valence-corrected chi connectivity index (χ3v) is 9.27. The summed E-state index contributed by atoms with van der Waals surface area (Å²) >= 11 is 0. The van der Waals surface area contributed by atoms with Crippen molar-refractivity contribution >= 4 is 34.8 Å². The second-order valence-corrected chi connectivity index (χ2v) is 13.0. The van der Waals surface area contributed by atoms with Crippen molar-refractivity contribution in [2.24, 2.45) is 0 Å². The third-order valence-electron chi connectivity index (χ3n) is 9.27. The van der Waals surface area contributed by atoms with E-state index in [1.165, 1.54) is 16.1 Å². The summed E-state index contributed by atoms with van der Waals surface area (Å²) in [6.45, 7) is 3.38. The summed E-state index contributed by atoms with van der Waals surface area (Å²) in [4.78, 5) is 48.6. The van der Waals surface area contributed by atoms with Gasteiger partial charge < -0.3 is 39.8 Å². The Kier molecular flexibility index (Phi) is 15.0. The Labute approximate surface area is 315 Å². The van der Waals surface area contributed by atoms with Crippen LogP contribution in [0.1, 0.15) is 35.6 Å². The summed E-state index contributed by atoms with van der Waals surface area (Å²) in [5, 5.41) is 21.6. The number of benzene rings is 3. The number of hydrogen-bond acceptors (Lipinski definition) is 9. The van der Waals surface area contributed by atoms with Gasteiger partial charge in [-0.2, -0.15) is 0 Å². The van der Waals surface area contributed by atoms with Crippen molar-refractivity contribution in [2.75, 3.05) is 73.3 Å². The number of aryl methyl sites for hydroxylation is 1. The third kappa shape index (κ3) is 11.1. The molecule has 0 radical (unpaired) electrons. The van der Waals surface area contributed by atoms with E-state index in [-0.39, 0.29) is 50.3 Å². The molecular formula is C40H50N6O8. The molecule has 0 atom stereocenters. The second kappa shape index (κ2) is 20.3. The first-order valence-electron chi connectivity index (χ1n) is 18.2. The van der Waals surface area contributed by atoms with Gasteiger partial charge in [-0.05, 0) is 39.8 Å². The summed E-state index contributed by atoms with van der Waals surface area (Å²) < 4.78 is 18.5. The van der Waals surface area contributed by atoms with Crippen LogP contribution in [0.3, 0.4) is 0 Å². The maximum atomic E-state index is 13.3. The fraction of sp³-hybridized carbons (Fsp3) is 0.400. The molecule has 0 bridgehead atoms. The summed E-state index contributed by atoms with van der Waals surface area (Å²) in [7, 11) is 3.53. The molecule has 1 aliphatic rings. The van der Waals surface area contributed by atoms with Crippen molar-refractivity contribution < 1.29 is 38.5 Å². The molecule has 5 rings (SSSR count). The number of nitrogens with one attached hydrogen (secondary N) is 3. The van der Waals surface area contributed by atoms with Crippen molar-refractivity contribution in [3.63, 3.8) is 0 Å². The first-order valence-corrected chi connectivity index (χ1v) is 18.2. The van der Waals surface area contributed by atoms with Gasteiger partial charge in [-0.25, -0.2) is 14.8 Å². The molecule has 1 heterocycles. The second-order valence-electron chi connectivity index (χ2n) is 13.0. The number of ether oxygens (including phenoxy) is 3. The van der Waals surface area contributed by atoms with Gasteiger partial charge >= 0.3 is 12.1 Å². The molecule has 0 spiro atoms. The number of carboxylic acids is 1. The smallest absolute Gasteiger partial charge is 0.424 e. The molecule has 54 heavy (non-hydrogen) atoms. The lowest BCUT2D eigenvalue weighted by molar-refractivity contribution is -0.138. The number of hydrogen-bond donors (Lipinski definition) is 4. The van der Waals surface area contributed by atoms with E-state index in [4.69, 9.17) is 19.3 Å². The highest BCUT2D eigenvalue weighted by Crippen LogP contribution is 2.44. The summed E-state index contributed by atoms with van der Waals surface area (Å²) in [5.74, 6) is -1.24. The Balaban J connectivity index is 1.02. The first-order chi connectivity index (χ1) is 26.2. The van der Waals surface area contributed by atoms with Gasteiger partial charge in [0.05, 0.1) is 45.9 Å². The SMILES string of the molecule is CN(Cc1cc2ccccc2n1CCC(=O)NCCNCC(=O)NCCOCCOCCC(=O)O)N(C)C(=O)OCC1c2ccccc2-c2ccccc21. The van der Waals surface area contributed by atoms with E-state index in [1.54, 1.807) is 12.1 Å². The number of amides is 3. The highest BCUT2D eigenvalue weighted by atomic mass is 16.6. The predicted octanol–water partition coefficient (Wildman–Crippen LogP) is 3.59.